The normalized spacial score (nSPS) is 59.6. The van der Waals surface area contributed by atoms with E-state index in [4.69, 9.17) is 75.8 Å². The van der Waals surface area contributed by atoms with Gasteiger partial charge in [-0.25, -0.2) is 0 Å². The van der Waals surface area contributed by atoms with Crippen molar-refractivity contribution >= 4 is 12.3 Å². The maximum atomic E-state index is 14.6. The lowest BCUT2D eigenvalue weighted by Gasteiger charge is -2.54. The molecule has 78 heavy (non-hydrogen) atoms. The standard InChI is InChI=1S/C60H82O18/c1-26-13-32-7-9-36-27(2)14-34(63-36)11-12-58-23-46-54(77-58)55-56(71-46)57(78-58)53-37(68-55)10-8-33(66-53)16-48(62)72-52-31(6)51-43(67-42(52)17-38(64-32)30(26)5)19-41-45(70-51)22-60(73-41)24-47-50(76-60)29(4)21-59(75-47)20-28(3)49-44(74-59)18-40-39(69-49)15-35(25-61)65-40/h25-26,28-29,31-47,49-57H,2,5,7-24H2,1,3-4,6H3/t26-,28+,29+,31+,32+,33-,34+,35?,36+,37+,38?,39-,40-,41-,42+,43+,44+,45-,46?,47+,49+,50+,51+,52-,53+,54+,55?,56+,57+,58+,59-,60+/m1/s1. The van der Waals surface area contributed by atoms with Crippen LogP contribution in [0.25, 0.3) is 0 Å². The van der Waals surface area contributed by atoms with E-state index in [9.17, 15) is 9.59 Å². The van der Waals surface area contributed by atoms with Crippen LogP contribution in [0.4, 0.5) is 0 Å². The van der Waals surface area contributed by atoms with Gasteiger partial charge in [-0.1, -0.05) is 40.9 Å². The van der Waals surface area contributed by atoms with E-state index in [0.717, 1.165) is 56.0 Å². The highest BCUT2D eigenvalue weighted by Crippen LogP contribution is 2.58. The Morgan fingerprint density at radius 1 is 0.436 bits per heavy atom. The highest BCUT2D eigenvalue weighted by molar-refractivity contribution is 5.70. The number of ether oxygens (including phenoxy) is 16. The SMILES string of the molecule is C=C1C2C[C@@H]3O[C@H]4C[C@H]5O[C@@]6(C[C@@H]7O[C@]8(C[C@H](C)[C@@H]9O[C@@H]%10CC(C=O)O[C@@H]%10C[C@@H]9O8)C[C@H](C)[C@@H]7O6)C[C@H]5O[C@H]4[C@H](C)[C@H]3OC(=O)C[C@H]3CC[C@@H]4OC5[C@H]6O[C@]7(CC[C@H]8CC(=C)[C@H](CC[C@@H](C[C@H]1C)O2)O8)CC6O[C@@H]5[C@@H](O7)[C@H]4O3. The van der Waals surface area contributed by atoms with E-state index in [-0.39, 0.29) is 158 Å². The van der Waals surface area contributed by atoms with Gasteiger partial charge in [0.05, 0.1) is 116 Å². The average molecular weight is 1090 g/mol. The molecule has 3 spiro atoms. The Balaban J connectivity index is 0.635. The summed E-state index contributed by atoms with van der Waals surface area (Å²) < 4.78 is 110. The molecule has 0 saturated carbocycles. The molecule has 4 unspecified atom stereocenters. The fraction of sp³-hybridized carbons (Fsp3) is 0.900. The van der Waals surface area contributed by atoms with Gasteiger partial charge in [-0.2, -0.15) is 0 Å². The minimum atomic E-state index is -0.893. The maximum Gasteiger partial charge on any atom is 0.308 e. The number of hydrogen-bond acceptors (Lipinski definition) is 18. The number of hydrogen-bond donors (Lipinski definition) is 0. The Bertz CT molecular complexity index is 2390. The van der Waals surface area contributed by atoms with Crippen molar-refractivity contribution in [2.75, 3.05) is 0 Å². The molecule has 0 amide bonds. The Morgan fingerprint density at radius 3 is 1.96 bits per heavy atom. The predicted octanol–water partition coefficient (Wildman–Crippen LogP) is 6.18. The smallest absolute Gasteiger partial charge is 0.308 e. The van der Waals surface area contributed by atoms with Crippen LogP contribution in [-0.4, -0.2) is 182 Å². The van der Waals surface area contributed by atoms with E-state index in [1.165, 1.54) is 0 Å². The number of fused-ring (bicyclic) bond motifs is 11. The fourth-order valence-electron chi connectivity index (χ4n) is 18.6. The Labute approximate surface area is 457 Å². The van der Waals surface area contributed by atoms with Crippen LogP contribution in [0.15, 0.2) is 24.3 Å². The van der Waals surface area contributed by atoms with Crippen molar-refractivity contribution < 1.29 is 85.4 Å². The largest absolute Gasteiger partial charge is 0.459 e. The second-order valence-electron chi connectivity index (χ2n) is 27.5. The first-order valence-corrected chi connectivity index (χ1v) is 30.6. The molecule has 430 valence electrons. The Morgan fingerprint density at radius 2 is 1.09 bits per heavy atom. The molecule has 0 aromatic heterocycles. The van der Waals surface area contributed by atoms with E-state index < -0.39 is 47.9 Å². The topological polar surface area (TPSA) is 182 Å². The highest BCUT2D eigenvalue weighted by atomic mass is 16.8. The lowest BCUT2D eigenvalue weighted by Crippen LogP contribution is -2.62. The molecule has 18 heteroatoms. The molecule has 12 bridgehead atoms. The number of esters is 1. The summed E-state index contributed by atoms with van der Waals surface area (Å²) in [6.45, 7) is 18.0. The summed E-state index contributed by atoms with van der Waals surface area (Å²) in [5.74, 6) is -2.49. The van der Waals surface area contributed by atoms with Crippen molar-refractivity contribution in [2.45, 2.75) is 313 Å². The average Bonchev–Trinajstić information content (AvgIpc) is 4.13. The predicted molar refractivity (Wildman–Crippen MR) is 269 cm³/mol. The van der Waals surface area contributed by atoms with Crippen LogP contribution in [0.3, 0.4) is 0 Å². The van der Waals surface area contributed by atoms with Gasteiger partial charge in [-0.05, 0) is 73.8 Å². The highest BCUT2D eigenvalue weighted by Gasteiger charge is 2.70. The molecule has 0 aromatic rings. The summed E-state index contributed by atoms with van der Waals surface area (Å²) in [4.78, 5) is 26.2. The molecule has 0 radical (unpaired) electrons. The van der Waals surface area contributed by atoms with Gasteiger partial charge in [0, 0.05) is 70.1 Å². The maximum absolute atomic E-state index is 14.6. The molecule has 0 aliphatic carbocycles. The molecular weight excluding hydrogens is 1010 g/mol. The van der Waals surface area contributed by atoms with Crippen LogP contribution in [-0.2, 0) is 85.4 Å². The van der Waals surface area contributed by atoms with Crippen LogP contribution in [0.1, 0.15) is 143 Å². The zero-order chi connectivity index (χ0) is 52.7. The fourth-order valence-corrected chi connectivity index (χ4v) is 18.6. The molecule has 17 heterocycles. The van der Waals surface area contributed by atoms with Gasteiger partial charge < -0.3 is 80.6 Å². The molecule has 0 N–H and O–H groups in total. The van der Waals surface area contributed by atoms with Crippen molar-refractivity contribution in [3.05, 3.63) is 24.3 Å². The number of aldehydes is 1. The summed E-state index contributed by atoms with van der Waals surface area (Å²) in [6.07, 6.45) is 6.42. The molecule has 17 rings (SSSR count). The van der Waals surface area contributed by atoms with E-state index in [0.29, 0.717) is 70.6 Å². The molecule has 17 aliphatic heterocycles. The van der Waals surface area contributed by atoms with E-state index in [2.05, 4.69) is 40.9 Å². The van der Waals surface area contributed by atoms with Gasteiger partial charge in [-0.15, -0.1) is 0 Å². The summed E-state index contributed by atoms with van der Waals surface area (Å²) in [7, 11) is 0. The van der Waals surface area contributed by atoms with Crippen molar-refractivity contribution in [1.82, 2.24) is 0 Å². The van der Waals surface area contributed by atoms with Crippen LogP contribution >= 0.6 is 0 Å². The van der Waals surface area contributed by atoms with Crippen molar-refractivity contribution in [3.8, 4) is 0 Å². The minimum Gasteiger partial charge on any atom is -0.459 e. The molecule has 18 nitrogen and oxygen atoms in total. The molecule has 17 fully saturated rings. The number of rotatable bonds is 1. The van der Waals surface area contributed by atoms with E-state index in [1.807, 2.05) is 0 Å². The first kappa shape index (κ1) is 51.6. The van der Waals surface area contributed by atoms with Gasteiger partial charge in [-0.3, -0.25) is 4.79 Å². The van der Waals surface area contributed by atoms with E-state index in [1.54, 1.807) is 0 Å². The lowest BCUT2D eigenvalue weighted by atomic mass is 9.78. The number of carbonyl (C=O) groups is 2. The van der Waals surface area contributed by atoms with Crippen molar-refractivity contribution in [3.63, 3.8) is 0 Å². The number of carbonyl (C=O) groups excluding carboxylic acids is 2. The molecule has 32 atom stereocenters. The Hall–Kier alpha value is -1.98. The van der Waals surface area contributed by atoms with Gasteiger partial charge >= 0.3 is 5.97 Å². The quantitative estimate of drug-likeness (QED) is 0.165. The third-order valence-corrected chi connectivity index (χ3v) is 22.2. The van der Waals surface area contributed by atoms with Gasteiger partial charge in [0.1, 0.15) is 49.0 Å². The van der Waals surface area contributed by atoms with Crippen LogP contribution in [0.2, 0.25) is 0 Å². The summed E-state index contributed by atoms with van der Waals surface area (Å²) in [6, 6.07) is 0. The molecular formula is C60H82O18. The van der Waals surface area contributed by atoms with Crippen molar-refractivity contribution in [1.29, 1.82) is 0 Å². The first-order valence-electron chi connectivity index (χ1n) is 30.6. The van der Waals surface area contributed by atoms with Crippen molar-refractivity contribution in [2.24, 2.45) is 23.7 Å². The second kappa shape index (κ2) is 19.0. The zero-order valence-electron chi connectivity index (χ0n) is 45.8. The second-order valence-corrected chi connectivity index (χ2v) is 27.5. The third kappa shape index (κ3) is 8.54. The summed E-state index contributed by atoms with van der Waals surface area (Å²) >= 11 is 0. The first-order chi connectivity index (χ1) is 37.6. The van der Waals surface area contributed by atoms with E-state index >= 15 is 0 Å². The molecule has 17 saturated heterocycles. The van der Waals surface area contributed by atoms with Gasteiger partial charge in [0.25, 0.3) is 0 Å². The summed E-state index contributed by atoms with van der Waals surface area (Å²) in [5, 5.41) is 0. The minimum absolute atomic E-state index is 0.00890. The van der Waals surface area contributed by atoms with Gasteiger partial charge in [0.15, 0.2) is 17.4 Å². The molecule has 0 aromatic carbocycles. The lowest BCUT2D eigenvalue weighted by molar-refractivity contribution is -0.369. The van der Waals surface area contributed by atoms with Gasteiger partial charge in [0.2, 0.25) is 0 Å². The monoisotopic (exact) mass is 1090 g/mol. The van der Waals surface area contributed by atoms with Crippen LogP contribution in [0, 0.1) is 23.7 Å². The zero-order valence-corrected chi connectivity index (χ0v) is 45.8. The van der Waals surface area contributed by atoms with Crippen LogP contribution in [0.5, 0.6) is 0 Å². The molecule has 17 aliphatic rings. The summed E-state index contributed by atoms with van der Waals surface area (Å²) in [5.41, 5.74) is 2.17. The third-order valence-electron chi connectivity index (χ3n) is 22.2. The van der Waals surface area contributed by atoms with Crippen LogP contribution < -0.4 is 0 Å². The Kier molecular flexibility index (Phi) is 12.6.